The molecule has 1 N–H and O–H groups in total. The van der Waals surface area contributed by atoms with E-state index in [0.29, 0.717) is 24.1 Å². The van der Waals surface area contributed by atoms with E-state index in [9.17, 15) is 9.59 Å². The van der Waals surface area contributed by atoms with Gasteiger partial charge < -0.3 is 4.98 Å². The van der Waals surface area contributed by atoms with Gasteiger partial charge in [-0.2, -0.15) is 4.98 Å². The minimum atomic E-state index is -0.325. The van der Waals surface area contributed by atoms with Gasteiger partial charge in [-0.15, -0.1) is 0 Å². The van der Waals surface area contributed by atoms with Crippen molar-refractivity contribution in [3.8, 4) is 0 Å². The van der Waals surface area contributed by atoms with Crippen LogP contribution in [0.2, 0.25) is 0 Å². The van der Waals surface area contributed by atoms with Crippen LogP contribution < -0.4 is 5.69 Å². The number of carbonyl (C=O) groups excluding carboxylic acids is 1. The number of nitrogens with one attached hydrogen (secondary N) is 1. The fourth-order valence-electron chi connectivity index (χ4n) is 3.94. The van der Waals surface area contributed by atoms with Gasteiger partial charge in [-0.3, -0.25) is 4.79 Å². The second kappa shape index (κ2) is 8.43. The van der Waals surface area contributed by atoms with Gasteiger partial charge in [0.05, 0.1) is 11.3 Å². The maximum absolute atomic E-state index is 13.2. The van der Waals surface area contributed by atoms with Crippen LogP contribution in [0.1, 0.15) is 91.5 Å². The molecule has 0 saturated heterocycles. The molecule has 1 fully saturated rings. The number of hydrogen-bond acceptors (Lipinski definition) is 3. The molecule has 0 bridgehead atoms. The molecule has 4 heteroatoms. The summed E-state index contributed by atoms with van der Waals surface area (Å²) in [6.07, 6.45) is 6.78. The van der Waals surface area contributed by atoms with E-state index >= 15 is 0 Å². The summed E-state index contributed by atoms with van der Waals surface area (Å²) in [7, 11) is 0. The summed E-state index contributed by atoms with van der Waals surface area (Å²) in [5.74, 6) is 0.421. The van der Waals surface area contributed by atoms with Crippen LogP contribution in [-0.2, 0) is 6.42 Å². The van der Waals surface area contributed by atoms with Crippen LogP contribution >= 0.6 is 0 Å². The Morgan fingerprint density at radius 3 is 2.50 bits per heavy atom. The highest BCUT2D eigenvalue weighted by Crippen LogP contribution is 2.35. The molecule has 1 aromatic carbocycles. The van der Waals surface area contributed by atoms with E-state index in [1.54, 1.807) is 0 Å². The summed E-state index contributed by atoms with van der Waals surface area (Å²) in [6, 6.07) is 10.1. The zero-order valence-corrected chi connectivity index (χ0v) is 15.8. The molecular formula is C22H28N2O2. The average Bonchev–Trinajstić information content (AvgIpc) is 2.67. The van der Waals surface area contributed by atoms with Crippen molar-refractivity contribution in [3.63, 3.8) is 0 Å². The Balaban J connectivity index is 1.94. The first-order valence-corrected chi connectivity index (χ1v) is 9.77. The van der Waals surface area contributed by atoms with Gasteiger partial charge in [-0.05, 0) is 36.7 Å². The van der Waals surface area contributed by atoms with E-state index in [2.05, 4.69) is 9.97 Å². The zero-order valence-electron chi connectivity index (χ0n) is 15.8. The summed E-state index contributed by atoms with van der Waals surface area (Å²) in [5, 5.41) is 0. The van der Waals surface area contributed by atoms with Crippen molar-refractivity contribution in [1.82, 2.24) is 9.97 Å². The number of aromatic amines is 1. The predicted molar refractivity (Wildman–Crippen MR) is 104 cm³/mol. The van der Waals surface area contributed by atoms with E-state index in [-0.39, 0.29) is 23.3 Å². The third-order valence-corrected chi connectivity index (χ3v) is 5.31. The van der Waals surface area contributed by atoms with Crippen LogP contribution in [0.25, 0.3) is 0 Å². The van der Waals surface area contributed by atoms with Gasteiger partial charge in [0, 0.05) is 12.1 Å². The molecule has 0 amide bonds. The predicted octanol–water partition coefficient (Wildman–Crippen LogP) is 4.76. The van der Waals surface area contributed by atoms with Crippen molar-refractivity contribution in [2.75, 3.05) is 0 Å². The van der Waals surface area contributed by atoms with Crippen molar-refractivity contribution >= 4 is 5.78 Å². The molecular weight excluding hydrogens is 324 g/mol. The molecule has 2 aromatic rings. The van der Waals surface area contributed by atoms with Crippen LogP contribution in [0, 0.1) is 0 Å². The Bertz CT molecular complexity index is 803. The lowest BCUT2D eigenvalue weighted by Crippen LogP contribution is -2.25. The number of benzene rings is 1. The lowest BCUT2D eigenvalue weighted by atomic mass is 9.82. The summed E-state index contributed by atoms with van der Waals surface area (Å²) >= 11 is 0. The highest BCUT2D eigenvalue weighted by Gasteiger charge is 2.27. The smallest absolute Gasteiger partial charge is 0.309 e. The first-order valence-electron chi connectivity index (χ1n) is 9.77. The fraction of sp³-hybridized carbons (Fsp3) is 0.500. The molecule has 0 spiro atoms. The normalized spacial score (nSPS) is 15.3. The van der Waals surface area contributed by atoms with Crippen LogP contribution in [0.4, 0.5) is 0 Å². The Morgan fingerprint density at radius 2 is 1.85 bits per heavy atom. The maximum Gasteiger partial charge on any atom is 0.345 e. The van der Waals surface area contributed by atoms with Gasteiger partial charge in [0.1, 0.15) is 0 Å². The third-order valence-electron chi connectivity index (χ3n) is 5.31. The van der Waals surface area contributed by atoms with Gasteiger partial charge in [0.2, 0.25) is 0 Å². The molecule has 0 unspecified atom stereocenters. The van der Waals surface area contributed by atoms with Crippen LogP contribution in [0.5, 0.6) is 0 Å². The van der Waals surface area contributed by atoms with Crippen LogP contribution in [0.15, 0.2) is 35.1 Å². The number of aromatic nitrogens is 2. The van der Waals surface area contributed by atoms with Gasteiger partial charge in [-0.1, -0.05) is 63.4 Å². The van der Waals surface area contributed by atoms with Crippen LogP contribution in [-0.4, -0.2) is 15.8 Å². The van der Waals surface area contributed by atoms with E-state index in [1.165, 1.54) is 6.42 Å². The van der Waals surface area contributed by atoms with E-state index in [4.69, 9.17) is 0 Å². The first kappa shape index (κ1) is 18.6. The average molecular weight is 352 g/mol. The Kier molecular flexibility index (Phi) is 6.02. The number of hydrogen-bond donors (Lipinski definition) is 1. The molecule has 0 aliphatic heterocycles. The molecule has 1 aliphatic carbocycles. The molecule has 138 valence electrons. The molecule has 26 heavy (non-hydrogen) atoms. The molecule has 1 saturated carbocycles. The molecule has 3 rings (SSSR count). The second-order valence-electron chi connectivity index (χ2n) is 7.61. The number of aryl methyl sites for hydroxylation is 1. The lowest BCUT2D eigenvalue weighted by molar-refractivity contribution is 0.0978. The summed E-state index contributed by atoms with van der Waals surface area (Å²) in [5.41, 5.74) is 3.01. The van der Waals surface area contributed by atoms with Gasteiger partial charge >= 0.3 is 5.69 Å². The Labute approximate surface area is 155 Å². The van der Waals surface area contributed by atoms with E-state index in [0.717, 1.165) is 36.9 Å². The lowest BCUT2D eigenvalue weighted by Gasteiger charge is -2.25. The summed E-state index contributed by atoms with van der Waals surface area (Å²) in [6.45, 7) is 4.00. The van der Waals surface area contributed by atoms with Gasteiger partial charge in [-0.25, -0.2) is 4.79 Å². The Hall–Kier alpha value is -2.23. The third kappa shape index (κ3) is 4.29. The zero-order chi connectivity index (χ0) is 18.5. The van der Waals surface area contributed by atoms with E-state index in [1.807, 2.05) is 44.2 Å². The molecule has 0 radical (unpaired) electrons. The molecule has 1 aliphatic rings. The maximum atomic E-state index is 13.2. The topological polar surface area (TPSA) is 62.8 Å². The fourth-order valence-corrected chi connectivity index (χ4v) is 3.94. The summed E-state index contributed by atoms with van der Waals surface area (Å²) < 4.78 is 0. The largest absolute Gasteiger partial charge is 0.345 e. The first-order chi connectivity index (χ1) is 12.6. The highest BCUT2D eigenvalue weighted by molar-refractivity contribution is 5.98. The molecule has 0 atom stereocenters. The molecule has 1 heterocycles. The van der Waals surface area contributed by atoms with Crippen molar-refractivity contribution < 1.29 is 4.79 Å². The van der Waals surface area contributed by atoms with Crippen molar-refractivity contribution in [2.45, 2.75) is 70.6 Å². The SMILES string of the molecule is CC(C)c1nc(=O)[nH]c(C2CCCCC2)c1C(=O)CCc1ccccc1. The number of H-pyrrole nitrogens is 1. The number of Topliss-reactive ketones (excluding diaryl/α,β-unsaturated/α-hetero) is 1. The molecule has 4 nitrogen and oxygen atoms in total. The standard InChI is InChI=1S/C22H28N2O2/c1-15(2)20-19(18(25)14-13-16-9-5-3-6-10-16)21(24-22(26)23-20)17-11-7-4-8-12-17/h3,5-6,9-10,15,17H,4,7-8,11-14H2,1-2H3,(H,23,24,26). The minimum Gasteiger partial charge on any atom is -0.309 e. The number of rotatable bonds is 6. The quantitative estimate of drug-likeness (QED) is 0.763. The summed E-state index contributed by atoms with van der Waals surface area (Å²) in [4.78, 5) is 32.4. The minimum absolute atomic E-state index is 0.0512. The van der Waals surface area contributed by atoms with E-state index < -0.39 is 0 Å². The number of nitrogens with zero attached hydrogens (tertiary/aromatic N) is 1. The number of carbonyl (C=O) groups is 1. The van der Waals surface area contributed by atoms with Crippen LogP contribution in [0.3, 0.4) is 0 Å². The van der Waals surface area contributed by atoms with Crippen molar-refractivity contribution in [2.24, 2.45) is 0 Å². The second-order valence-corrected chi connectivity index (χ2v) is 7.61. The monoisotopic (exact) mass is 352 g/mol. The highest BCUT2D eigenvalue weighted by atomic mass is 16.1. The van der Waals surface area contributed by atoms with Crippen molar-refractivity contribution in [3.05, 3.63) is 63.3 Å². The van der Waals surface area contributed by atoms with Gasteiger partial charge in [0.25, 0.3) is 0 Å². The number of ketones is 1. The Morgan fingerprint density at radius 1 is 1.15 bits per heavy atom. The van der Waals surface area contributed by atoms with Crippen molar-refractivity contribution in [1.29, 1.82) is 0 Å². The molecule has 1 aromatic heterocycles. The van der Waals surface area contributed by atoms with Gasteiger partial charge in [0.15, 0.2) is 5.78 Å².